The molecule has 2 aromatic carbocycles. The number of hydrogen-bond donors (Lipinski definition) is 1. The molecule has 0 radical (unpaired) electrons. The van der Waals surface area contributed by atoms with Crippen LogP contribution < -0.4 is 10.1 Å². The van der Waals surface area contributed by atoms with E-state index >= 15 is 0 Å². The van der Waals surface area contributed by atoms with E-state index in [0.717, 1.165) is 29.9 Å². The maximum Gasteiger partial charge on any atom is 0.225 e. The summed E-state index contributed by atoms with van der Waals surface area (Å²) in [6, 6.07) is 17.6. The summed E-state index contributed by atoms with van der Waals surface area (Å²) in [6.07, 6.45) is 2.88. The molecule has 1 heterocycles. The first kappa shape index (κ1) is 23.2. The van der Waals surface area contributed by atoms with Crippen LogP contribution in [-0.4, -0.2) is 42.7 Å². The SMILES string of the molecule is CCCCN1C(=O)CCC(C(=O)NCCSc2ccccc2)C1c1ccccc1OC. The molecule has 0 aromatic heterocycles. The van der Waals surface area contributed by atoms with Gasteiger partial charge in [-0.05, 0) is 31.0 Å². The number of methoxy groups -OCH3 is 1. The number of rotatable bonds is 10. The third-order valence-corrected chi connectivity index (χ3v) is 6.68. The van der Waals surface area contributed by atoms with Crippen LogP contribution in [0.4, 0.5) is 0 Å². The minimum absolute atomic E-state index is 0.0126. The maximum absolute atomic E-state index is 13.2. The van der Waals surface area contributed by atoms with Crippen LogP contribution in [-0.2, 0) is 9.59 Å². The van der Waals surface area contributed by atoms with Crippen molar-refractivity contribution in [2.75, 3.05) is 26.0 Å². The summed E-state index contributed by atoms with van der Waals surface area (Å²) in [5.74, 6) is 1.38. The van der Waals surface area contributed by atoms with E-state index < -0.39 is 0 Å². The number of hydrogen-bond acceptors (Lipinski definition) is 4. The highest BCUT2D eigenvalue weighted by Crippen LogP contribution is 2.40. The monoisotopic (exact) mass is 440 g/mol. The van der Waals surface area contributed by atoms with Crippen LogP contribution in [0.15, 0.2) is 59.5 Å². The van der Waals surface area contributed by atoms with Gasteiger partial charge >= 0.3 is 0 Å². The first-order valence-electron chi connectivity index (χ1n) is 11.0. The standard InChI is InChI=1S/C25H32N2O3S/c1-3-4-17-27-23(28)15-14-21(24(27)20-12-8-9-13-22(20)30-2)25(29)26-16-18-31-19-10-6-5-7-11-19/h5-13,21,24H,3-4,14-18H2,1-2H3,(H,26,29). The molecule has 2 amide bonds. The van der Waals surface area contributed by atoms with Crippen molar-refractivity contribution in [3.8, 4) is 5.75 Å². The number of carbonyl (C=O) groups is 2. The van der Waals surface area contributed by atoms with Crippen LogP contribution >= 0.6 is 11.8 Å². The summed E-state index contributed by atoms with van der Waals surface area (Å²) in [7, 11) is 1.63. The molecule has 2 aromatic rings. The molecule has 1 aliphatic heterocycles. The van der Waals surface area contributed by atoms with Gasteiger partial charge in [-0.2, -0.15) is 0 Å². The van der Waals surface area contributed by atoms with Crippen LogP contribution in [0.1, 0.15) is 44.2 Å². The molecule has 0 bridgehead atoms. The van der Waals surface area contributed by atoms with E-state index in [2.05, 4.69) is 24.4 Å². The molecule has 1 fully saturated rings. The van der Waals surface area contributed by atoms with Gasteiger partial charge < -0.3 is 15.0 Å². The number of ether oxygens (including phenoxy) is 1. The summed E-state index contributed by atoms with van der Waals surface area (Å²) in [4.78, 5) is 29.1. The summed E-state index contributed by atoms with van der Waals surface area (Å²) in [6.45, 7) is 3.36. The molecule has 0 aliphatic carbocycles. The number of nitrogens with one attached hydrogen (secondary N) is 1. The Bertz CT molecular complexity index is 859. The van der Waals surface area contributed by atoms with Gasteiger partial charge in [0.1, 0.15) is 5.75 Å². The molecular formula is C25H32N2O3S. The fourth-order valence-electron chi connectivity index (χ4n) is 4.11. The van der Waals surface area contributed by atoms with Gasteiger partial charge in [0.2, 0.25) is 11.8 Å². The Morgan fingerprint density at radius 2 is 1.90 bits per heavy atom. The second-order valence-electron chi connectivity index (χ2n) is 7.73. The Morgan fingerprint density at radius 1 is 1.16 bits per heavy atom. The van der Waals surface area contributed by atoms with Gasteiger partial charge in [0.15, 0.2) is 0 Å². The van der Waals surface area contributed by atoms with Gasteiger partial charge in [-0.1, -0.05) is 49.7 Å². The lowest BCUT2D eigenvalue weighted by Crippen LogP contribution is -2.48. The Labute approximate surface area is 189 Å². The van der Waals surface area contributed by atoms with E-state index in [1.807, 2.05) is 47.4 Å². The summed E-state index contributed by atoms with van der Waals surface area (Å²) in [5, 5.41) is 3.11. The minimum Gasteiger partial charge on any atom is -0.496 e. The van der Waals surface area contributed by atoms with Crippen molar-refractivity contribution >= 4 is 23.6 Å². The molecule has 0 spiro atoms. The van der Waals surface area contributed by atoms with Crippen LogP contribution in [0.25, 0.3) is 0 Å². The molecule has 166 valence electrons. The number of nitrogens with zero attached hydrogens (tertiary/aromatic N) is 1. The van der Waals surface area contributed by atoms with Gasteiger partial charge in [-0.15, -0.1) is 11.8 Å². The number of piperidine rings is 1. The number of thioether (sulfide) groups is 1. The molecule has 6 heteroatoms. The number of para-hydroxylation sites is 1. The first-order valence-corrected chi connectivity index (χ1v) is 12.0. The lowest BCUT2D eigenvalue weighted by atomic mass is 9.83. The Morgan fingerprint density at radius 3 is 2.65 bits per heavy atom. The fraction of sp³-hybridized carbons (Fsp3) is 0.440. The van der Waals surface area contributed by atoms with Crippen molar-refractivity contribution in [1.29, 1.82) is 0 Å². The van der Waals surface area contributed by atoms with E-state index in [9.17, 15) is 9.59 Å². The predicted octanol–water partition coefficient (Wildman–Crippen LogP) is 4.68. The number of amides is 2. The summed E-state index contributed by atoms with van der Waals surface area (Å²) in [5.41, 5.74) is 0.910. The quantitative estimate of drug-likeness (QED) is 0.430. The van der Waals surface area contributed by atoms with Crippen molar-refractivity contribution in [3.63, 3.8) is 0 Å². The van der Waals surface area contributed by atoms with Crippen molar-refractivity contribution < 1.29 is 14.3 Å². The third-order valence-electron chi connectivity index (χ3n) is 5.67. The molecule has 0 saturated carbocycles. The van der Waals surface area contributed by atoms with Crippen molar-refractivity contribution in [2.24, 2.45) is 5.92 Å². The number of unbranched alkanes of at least 4 members (excludes halogenated alkanes) is 1. The highest BCUT2D eigenvalue weighted by Gasteiger charge is 2.41. The first-order chi connectivity index (χ1) is 15.2. The average molecular weight is 441 g/mol. The molecule has 3 rings (SSSR count). The van der Waals surface area contributed by atoms with Crippen molar-refractivity contribution in [1.82, 2.24) is 10.2 Å². The molecule has 31 heavy (non-hydrogen) atoms. The fourth-order valence-corrected chi connectivity index (χ4v) is 4.90. The average Bonchev–Trinajstić information content (AvgIpc) is 2.81. The van der Waals surface area contributed by atoms with E-state index in [0.29, 0.717) is 25.9 Å². The van der Waals surface area contributed by atoms with Crippen LogP contribution in [0.2, 0.25) is 0 Å². The van der Waals surface area contributed by atoms with E-state index in [-0.39, 0.29) is 23.8 Å². The van der Waals surface area contributed by atoms with E-state index in [4.69, 9.17) is 4.74 Å². The van der Waals surface area contributed by atoms with Gasteiger partial charge in [-0.3, -0.25) is 9.59 Å². The highest BCUT2D eigenvalue weighted by molar-refractivity contribution is 7.99. The second-order valence-corrected chi connectivity index (χ2v) is 8.89. The predicted molar refractivity (Wildman–Crippen MR) is 125 cm³/mol. The molecule has 1 aliphatic rings. The van der Waals surface area contributed by atoms with Crippen LogP contribution in [0, 0.1) is 5.92 Å². The largest absolute Gasteiger partial charge is 0.496 e. The Balaban J connectivity index is 1.73. The van der Waals surface area contributed by atoms with Gasteiger partial charge in [0.25, 0.3) is 0 Å². The summed E-state index contributed by atoms with van der Waals surface area (Å²) < 4.78 is 5.59. The topological polar surface area (TPSA) is 58.6 Å². The second kappa shape index (κ2) is 11.8. The Kier molecular flexibility index (Phi) is 8.83. The minimum atomic E-state index is -0.300. The number of benzene rings is 2. The van der Waals surface area contributed by atoms with Crippen LogP contribution in [0.3, 0.4) is 0 Å². The summed E-state index contributed by atoms with van der Waals surface area (Å²) >= 11 is 1.73. The molecule has 2 atom stereocenters. The van der Waals surface area contributed by atoms with Gasteiger partial charge in [-0.25, -0.2) is 0 Å². The van der Waals surface area contributed by atoms with Gasteiger partial charge in [0, 0.05) is 35.7 Å². The van der Waals surface area contributed by atoms with Crippen molar-refractivity contribution in [2.45, 2.75) is 43.5 Å². The normalized spacial score (nSPS) is 18.6. The number of likely N-dealkylation sites (tertiary alicyclic amines) is 1. The lowest BCUT2D eigenvalue weighted by molar-refractivity contribution is -0.143. The Hall–Kier alpha value is -2.47. The lowest BCUT2D eigenvalue weighted by Gasteiger charge is -2.41. The van der Waals surface area contributed by atoms with Crippen molar-refractivity contribution in [3.05, 3.63) is 60.2 Å². The smallest absolute Gasteiger partial charge is 0.225 e. The third kappa shape index (κ3) is 6.03. The highest BCUT2D eigenvalue weighted by atomic mass is 32.2. The zero-order chi connectivity index (χ0) is 22.1. The molecule has 1 N–H and O–H groups in total. The molecular weight excluding hydrogens is 408 g/mol. The van der Waals surface area contributed by atoms with Gasteiger partial charge in [0.05, 0.1) is 19.1 Å². The molecule has 1 saturated heterocycles. The van der Waals surface area contributed by atoms with E-state index in [1.165, 1.54) is 4.90 Å². The molecule has 2 unspecified atom stereocenters. The zero-order valence-corrected chi connectivity index (χ0v) is 19.2. The maximum atomic E-state index is 13.2. The van der Waals surface area contributed by atoms with E-state index in [1.54, 1.807) is 18.9 Å². The molecule has 5 nitrogen and oxygen atoms in total. The number of carbonyl (C=O) groups excluding carboxylic acids is 2. The van der Waals surface area contributed by atoms with Crippen LogP contribution in [0.5, 0.6) is 5.75 Å². The zero-order valence-electron chi connectivity index (χ0n) is 18.4.